The van der Waals surface area contributed by atoms with Gasteiger partial charge in [0, 0.05) is 19.1 Å². The molecule has 0 bridgehead atoms. The van der Waals surface area contributed by atoms with Crippen molar-refractivity contribution >= 4 is 0 Å². The monoisotopic (exact) mass is 197 g/mol. The second kappa shape index (κ2) is 4.94. The van der Waals surface area contributed by atoms with Crippen molar-refractivity contribution in [3.8, 4) is 0 Å². The Kier molecular flexibility index (Phi) is 4.14. The zero-order chi connectivity index (χ0) is 10.6. The molecule has 14 heavy (non-hydrogen) atoms. The number of ether oxygens (including phenoxy) is 1. The van der Waals surface area contributed by atoms with Crippen molar-refractivity contribution in [3.05, 3.63) is 12.2 Å². The number of hydrogen-bond acceptors (Lipinski definition) is 2. The Hall–Kier alpha value is -0.340. The molecule has 0 spiro atoms. The molecule has 3 atom stereocenters. The molecule has 1 aliphatic carbocycles. The van der Waals surface area contributed by atoms with Crippen molar-refractivity contribution < 1.29 is 4.74 Å². The molecule has 0 aliphatic heterocycles. The fraction of sp³-hybridized carbons (Fsp3) is 0.833. The van der Waals surface area contributed by atoms with E-state index in [2.05, 4.69) is 26.0 Å². The lowest BCUT2D eigenvalue weighted by atomic mass is 10.1. The Balaban J connectivity index is 2.31. The third kappa shape index (κ3) is 2.58. The highest BCUT2D eigenvalue weighted by Crippen LogP contribution is 2.51. The maximum atomic E-state index is 5.88. The third-order valence-electron chi connectivity index (χ3n) is 3.26. The van der Waals surface area contributed by atoms with Crippen molar-refractivity contribution in [2.45, 2.75) is 51.2 Å². The first kappa shape index (κ1) is 11.7. The standard InChI is InChI=1S/C12H23NO/c1-4-5-6-7-8-12(14-3)9-11(12)10(2)13/h5-6,10-11H,4,7-9,13H2,1-3H3/b6-5+/t10-,11+,12?/m1/s1. The van der Waals surface area contributed by atoms with Crippen molar-refractivity contribution in [2.75, 3.05) is 7.11 Å². The quantitative estimate of drug-likeness (QED) is 0.664. The van der Waals surface area contributed by atoms with Gasteiger partial charge in [-0.3, -0.25) is 0 Å². The van der Waals surface area contributed by atoms with Gasteiger partial charge in [0.1, 0.15) is 0 Å². The molecule has 1 unspecified atom stereocenters. The summed E-state index contributed by atoms with van der Waals surface area (Å²) < 4.78 is 5.59. The zero-order valence-electron chi connectivity index (χ0n) is 9.62. The Morgan fingerprint density at radius 1 is 1.57 bits per heavy atom. The van der Waals surface area contributed by atoms with Crippen molar-refractivity contribution in [1.82, 2.24) is 0 Å². The van der Waals surface area contributed by atoms with E-state index in [0.29, 0.717) is 5.92 Å². The number of allylic oxidation sites excluding steroid dienone is 2. The van der Waals surface area contributed by atoms with Gasteiger partial charge >= 0.3 is 0 Å². The molecule has 0 radical (unpaired) electrons. The zero-order valence-corrected chi connectivity index (χ0v) is 9.62. The van der Waals surface area contributed by atoms with Gasteiger partial charge < -0.3 is 10.5 Å². The summed E-state index contributed by atoms with van der Waals surface area (Å²) in [6.07, 6.45) is 8.96. The second-order valence-corrected chi connectivity index (χ2v) is 4.36. The lowest BCUT2D eigenvalue weighted by molar-refractivity contribution is 0.0558. The number of hydrogen-bond donors (Lipinski definition) is 1. The van der Waals surface area contributed by atoms with Crippen LogP contribution in [0.2, 0.25) is 0 Å². The summed E-state index contributed by atoms with van der Waals surface area (Å²) in [6.45, 7) is 4.23. The summed E-state index contributed by atoms with van der Waals surface area (Å²) in [7, 11) is 1.81. The number of rotatable bonds is 6. The average molecular weight is 197 g/mol. The van der Waals surface area contributed by atoms with Crippen LogP contribution in [0.5, 0.6) is 0 Å². The first-order valence-electron chi connectivity index (χ1n) is 5.62. The summed E-state index contributed by atoms with van der Waals surface area (Å²) >= 11 is 0. The first-order valence-corrected chi connectivity index (χ1v) is 5.62. The Bertz CT molecular complexity index is 200. The van der Waals surface area contributed by atoms with Crippen LogP contribution < -0.4 is 5.73 Å². The van der Waals surface area contributed by atoms with Gasteiger partial charge in [0.2, 0.25) is 0 Å². The highest BCUT2D eigenvalue weighted by atomic mass is 16.5. The van der Waals surface area contributed by atoms with Gasteiger partial charge in [-0.05, 0) is 32.6 Å². The molecule has 2 heteroatoms. The summed E-state index contributed by atoms with van der Waals surface area (Å²) in [4.78, 5) is 0. The molecule has 2 nitrogen and oxygen atoms in total. The number of methoxy groups -OCH3 is 1. The predicted octanol–water partition coefficient (Wildman–Crippen LogP) is 2.49. The van der Waals surface area contributed by atoms with E-state index in [-0.39, 0.29) is 11.6 Å². The Morgan fingerprint density at radius 2 is 2.29 bits per heavy atom. The third-order valence-corrected chi connectivity index (χ3v) is 3.26. The normalized spacial score (nSPS) is 33.6. The minimum Gasteiger partial charge on any atom is -0.378 e. The summed E-state index contributed by atoms with van der Waals surface area (Å²) in [5.41, 5.74) is 5.98. The summed E-state index contributed by atoms with van der Waals surface area (Å²) in [5.74, 6) is 0.572. The molecule has 82 valence electrons. The van der Waals surface area contributed by atoms with E-state index in [0.717, 1.165) is 25.7 Å². The molecule has 1 fully saturated rings. The van der Waals surface area contributed by atoms with Crippen LogP contribution in [0.25, 0.3) is 0 Å². The van der Waals surface area contributed by atoms with Crippen LogP contribution in [0.4, 0.5) is 0 Å². The van der Waals surface area contributed by atoms with Crippen LogP contribution in [-0.4, -0.2) is 18.8 Å². The lowest BCUT2D eigenvalue weighted by Gasteiger charge is -2.16. The van der Waals surface area contributed by atoms with Gasteiger partial charge in [0.15, 0.2) is 0 Å². The molecular weight excluding hydrogens is 174 g/mol. The van der Waals surface area contributed by atoms with Gasteiger partial charge in [-0.1, -0.05) is 19.1 Å². The van der Waals surface area contributed by atoms with Gasteiger partial charge in [0.05, 0.1) is 5.60 Å². The Labute approximate surface area is 87.5 Å². The van der Waals surface area contributed by atoms with Crippen LogP contribution in [0, 0.1) is 5.92 Å². The van der Waals surface area contributed by atoms with E-state index in [9.17, 15) is 0 Å². The lowest BCUT2D eigenvalue weighted by Crippen LogP contribution is -2.26. The van der Waals surface area contributed by atoms with E-state index in [4.69, 9.17) is 10.5 Å². The average Bonchev–Trinajstić information content (AvgIpc) is 2.88. The highest BCUT2D eigenvalue weighted by Gasteiger charge is 2.55. The number of nitrogens with two attached hydrogens (primary N) is 1. The topological polar surface area (TPSA) is 35.2 Å². The van der Waals surface area contributed by atoms with Gasteiger partial charge in [-0.25, -0.2) is 0 Å². The fourth-order valence-electron chi connectivity index (χ4n) is 2.21. The molecular formula is C12H23NO. The van der Waals surface area contributed by atoms with E-state index < -0.39 is 0 Å². The molecule has 1 aliphatic rings. The van der Waals surface area contributed by atoms with Gasteiger partial charge in [-0.2, -0.15) is 0 Å². The molecule has 0 aromatic rings. The fourth-order valence-corrected chi connectivity index (χ4v) is 2.21. The smallest absolute Gasteiger partial charge is 0.0729 e. The van der Waals surface area contributed by atoms with Crippen molar-refractivity contribution in [2.24, 2.45) is 11.7 Å². The van der Waals surface area contributed by atoms with E-state index in [1.54, 1.807) is 0 Å². The molecule has 0 aromatic heterocycles. The minimum atomic E-state index is 0.103. The van der Waals surface area contributed by atoms with Crippen molar-refractivity contribution in [1.29, 1.82) is 0 Å². The molecule has 0 aromatic carbocycles. The summed E-state index contributed by atoms with van der Waals surface area (Å²) in [5, 5.41) is 0. The van der Waals surface area contributed by atoms with Crippen LogP contribution >= 0.6 is 0 Å². The maximum absolute atomic E-state index is 5.88. The van der Waals surface area contributed by atoms with E-state index in [1.165, 1.54) is 0 Å². The first-order chi connectivity index (χ1) is 6.66. The molecule has 1 rings (SSSR count). The van der Waals surface area contributed by atoms with E-state index in [1.807, 2.05) is 7.11 Å². The largest absolute Gasteiger partial charge is 0.378 e. The Morgan fingerprint density at radius 3 is 2.71 bits per heavy atom. The molecule has 0 saturated heterocycles. The molecule has 1 saturated carbocycles. The van der Waals surface area contributed by atoms with Crippen LogP contribution in [0.15, 0.2) is 12.2 Å². The van der Waals surface area contributed by atoms with Crippen LogP contribution in [0.1, 0.15) is 39.5 Å². The molecule has 0 amide bonds. The van der Waals surface area contributed by atoms with Crippen molar-refractivity contribution in [3.63, 3.8) is 0 Å². The predicted molar refractivity (Wildman–Crippen MR) is 60.2 cm³/mol. The second-order valence-electron chi connectivity index (χ2n) is 4.36. The molecule has 0 heterocycles. The SMILES string of the molecule is CC/C=C/CCC1(OC)C[C@H]1[C@@H](C)N. The summed E-state index contributed by atoms with van der Waals surface area (Å²) in [6, 6.07) is 0.269. The molecule has 2 N–H and O–H groups in total. The van der Waals surface area contributed by atoms with Gasteiger partial charge in [-0.15, -0.1) is 0 Å². The van der Waals surface area contributed by atoms with Crippen LogP contribution in [-0.2, 0) is 4.74 Å². The van der Waals surface area contributed by atoms with E-state index >= 15 is 0 Å². The maximum Gasteiger partial charge on any atom is 0.0729 e. The highest BCUT2D eigenvalue weighted by molar-refractivity contribution is 5.09. The van der Waals surface area contributed by atoms with Gasteiger partial charge in [0.25, 0.3) is 0 Å². The van der Waals surface area contributed by atoms with Crippen LogP contribution in [0.3, 0.4) is 0 Å². The minimum absolute atomic E-state index is 0.103.